The molecule has 0 bridgehead atoms. The topological polar surface area (TPSA) is 66.4 Å². The van der Waals surface area contributed by atoms with Crippen molar-refractivity contribution in [1.82, 2.24) is 5.32 Å². The van der Waals surface area contributed by atoms with Crippen molar-refractivity contribution in [1.29, 1.82) is 0 Å². The van der Waals surface area contributed by atoms with Crippen LogP contribution >= 0.6 is 0 Å². The molecule has 0 aromatic rings. The van der Waals surface area contributed by atoms with E-state index in [1.54, 1.807) is 0 Å². The number of amides is 1. The van der Waals surface area contributed by atoms with E-state index in [0.29, 0.717) is 0 Å². The standard InChI is InChI=1S/C10H17NO3/c1-4-7-10(2,3)11-8(12)5-6-9(13)14/h5-6H,4,7H2,1-3H3,(H,11,12)(H,13,14)/b6-5-. The lowest BCUT2D eigenvalue weighted by molar-refractivity contribution is -0.131. The molecule has 0 unspecified atom stereocenters. The van der Waals surface area contributed by atoms with Crippen molar-refractivity contribution < 1.29 is 14.7 Å². The van der Waals surface area contributed by atoms with Crippen molar-refractivity contribution in [3.8, 4) is 0 Å². The zero-order valence-electron chi connectivity index (χ0n) is 8.83. The van der Waals surface area contributed by atoms with E-state index in [2.05, 4.69) is 5.32 Å². The Morgan fingerprint density at radius 1 is 1.36 bits per heavy atom. The summed E-state index contributed by atoms with van der Waals surface area (Å²) >= 11 is 0. The number of carbonyl (C=O) groups excluding carboxylic acids is 1. The highest BCUT2D eigenvalue weighted by Gasteiger charge is 2.17. The highest BCUT2D eigenvalue weighted by atomic mass is 16.4. The second-order valence-corrected chi connectivity index (χ2v) is 3.79. The minimum atomic E-state index is -1.12. The first kappa shape index (κ1) is 12.7. The molecule has 0 radical (unpaired) electrons. The minimum absolute atomic E-state index is 0.283. The second kappa shape index (κ2) is 5.42. The Kier molecular flexibility index (Phi) is 4.91. The maximum absolute atomic E-state index is 11.2. The van der Waals surface area contributed by atoms with Gasteiger partial charge in [-0.1, -0.05) is 13.3 Å². The van der Waals surface area contributed by atoms with Crippen LogP contribution in [0.3, 0.4) is 0 Å². The SMILES string of the molecule is CCCC(C)(C)NC(=O)/C=C\C(=O)O. The van der Waals surface area contributed by atoms with Gasteiger partial charge in [0.2, 0.25) is 5.91 Å². The number of nitrogens with one attached hydrogen (secondary N) is 1. The molecular formula is C10H17NO3. The molecule has 0 spiro atoms. The smallest absolute Gasteiger partial charge is 0.328 e. The van der Waals surface area contributed by atoms with Crippen LogP contribution in [0.1, 0.15) is 33.6 Å². The Labute approximate surface area is 84.0 Å². The molecule has 0 heterocycles. The van der Waals surface area contributed by atoms with Gasteiger partial charge in [0.15, 0.2) is 0 Å². The quantitative estimate of drug-likeness (QED) is 0.656. The molecule has 1 amide bonds. The van der Waals surface area contributed by atoms with Crippen LogP contribution in [0.25, 0.3) is 0 Å². The van der Waals surface area contributed by atoms with Gasteiger partial charge in [0, 0.05) is 17.7 Å². The molecule has 0 saturated heterocycles. The first-order valence-electron chi connectivity index (χ1n) is 4.60. The van der Waals surface area contributed by atoms with E-state index in [-0.39, 0.29) is 11.4 Å². The van der Waals surface area contributed by atoms with Gasteiger partial charge in [0.25, 0.3) is 0 Å². The summed E-state index contributed by atoms with van der Waals surface area (Å²) < 4.78 is 0. The molecule has 0 rings (SSSR count). The Hall–Kier alpha value is -1.32. The van der Waals surface area contributed by atoms with Crippen LogP contribution in [0, 0.1) is 0 Å². The van der Waals surface area contributed by atoms with E-state index in [1.165, 1.54) is 0 Å². The number of hydrogen-bond donors (Lipinski definition) is 2. The third-order valence-electron chi connectivity index (χ3n) is 1.71. The fourth-order valence-corrected chi connectivity index (χ4v) is 1.21. The summed E-state index contributed by atoms with van der Waals surface area (Å²) in [6.45, 7) is 5.84. The summed E-state index contributed by atoms with van der Waals surface area (Å²) in [7, 11) is 0. The van der Waals surface area contributed by atoms with Gasteiger partial charge in [-0.2, -0.15) is 0 Å². The third kappa shape index (κ3) is 6.22. The molecule has 0 fully saturated rings. The summed E-state index contributed by atoms with van der Waals surface area (Å²) in [5, 5.41) is 11.0. The Bertz CT molecular complexity index is 244. The summed E-state index contributed by atoms with van der Waals surface area (Å²) in [5.41, 5.74) is -0.283. The maximum atomic E-state index is 11.2. The zero-order valence-corrected chi connectivity index (χ0v) is 8.83. The van der Waals surface area contributed by atoms with Crippen LogP contribution in [0.15, 0.2) is 12.2 Å². The van der Waals surface area contributed by atoms with Gasteiger partial charge in [-0.05, 0) is 20.3 Å². The van der Waals surface area contributed by atoms with Gasteiger partial charge in [0.05, 0.1) is 0 Å². The minimum Gasteiger partial charge on any atom is -0.478 e. The number of carboxylic acids is 1. The Morgan fingerprint density at radius 3 is 2.36 bits per heavy atom. The normalized spacial score (nSPS) is 11.6. The van der Waals surface area contributed by atoms with E-state index in [4.69, 9.17) is 5.11 Å². The Balaban J connectivity index is 4.11. The fraction of sp³-hybridized carbons (Fsp3) is 0.600. The van der Waals surface area contributed by atoms with Gasteiger partial charge in [-0.25, -0.2) is 4.79 Å². The van der Waals surface area contributed by atoms with Crippen LogP contribution in [0.4, 0.5) is 0 Å². The van der Waals surface area contributed by atoms with Gasteiger partial charge in [0.1, 0.15) is 0 Å². The van der Waals surface area contributed by atoms with E-state index < -0.39 is 5.97 Å². The number of aliphatic carboxylic acids is 1. The first-order chi connectivity index (χ1) is 6.37. The molecule has 0 aliphatic carbocycles. The van der Waals surface area contributed by atoms with Gasteiger partial charge in [-0.3, -0.25) is 4.79 Å². The number of carboxylic acid groups (broad SMARTS) is 1. The van der Waals surface area contributed by atoms with Crippen LogP contribution in [0.2, 0.25) is 0 Å². The average molecular weight is 199 g/mol. The highest BCUT2D eigenvalue weighted by molar-refractivity contribution is 5.94. The molecule has 0 aliphatic rings. The van der Waals surface area contributed by atoms with Crippen molar-refractivity contribution in [3.63, 3.8) is 0 Å². The predicted molar refractivity (Wildman–Crippen MR) is 53.9 cm³/mol. The predicted octanol–water partition coefficient (Wildman–Crippen LogP) is 1.32. The molecule has 14 heavy (non-hydrogen) atoms. The van der Waals surface area contributed by atoms with Crippen molar-refractivity contribution in [2.24, 2.45) is 0 Å². The third-order valence-corrected chi connectivity index (χ3v) is 1.71. The molecule has 4 nitrogen and oxygen atoms in total. The summed E-state index contributed by atoms with van der Waals surface area (Å²) in [4.78, 5) is 21.3. The largest absolute Gasteiger partial charge is 0.478 e. The second-order valence-electron chi connectivity index (χ2n) is 3.79. The summed E-state index contributed by atoms with van der Waals surface area (Å²) in [5.74, 6) is -1.49. The molecule has 0 aliphatic heterocycles. The van der Waals surface area contributed by atoms with Crippen LogP contribution < -0.4 is 5.32 Å². The van der Waals surface area contributed by atoms with Crippen molar-refractivity contribution in [3.05, 3.63) is 12.2 Å². The molecular weight excluding hydrogens is 182 g/mol. The van der Waals surface area contributed by atoms with Crippen molar-refractivity contribution in [2.75, 3.05) is 0 Å². The Morgan fingerprint density at radius 2 is 1.93 bits per heavy atom. The highest BCUT2D eigenvalue weighted by Crippen LogP contribution is 2.10. The van der Waals surface area contributed by atoms with E-state index >= 15 is 0 Å². The van der Waals surface area contributed by atoms with Crippen LogP contribution in [-0.2, 0) is 9.59 Å². The van der Waals surface area contributed by atoms with Crippen LogP contribution in [-0.4, -0.2) is 22.5 Å². The summed E-state index contributed by atoms with van der Waals surface area (Å²) in [6.07, 6.45) is 3.69. The molecule has 0 saturated carbocycles. The van der Waals surface area contributed by atoms with Gasteiger partial charge >= 0.3 is 5.97 Å². The molecule has 80 valence electrons. The van der Waals surface area contributed by atoms with Crippen molar-refractivity contribution in [2.45, 2.75) is 39.2 Å². The average Bonchev–Trinajstić information content (AvgIpc) is 1.99. The molecule has 0 aromatic heterocycles. The molecule has 0 atom stereocenters. The van der Waals surface area contributed by atoms with Gasteiger partial charge < -0.3 is 10.4 Å². The zero-order chi connectivity index (χ0) is 11.2. The van der Waals surface area contributed by atoms with E-state index in [0.717, 1.165) is 25.0 Å². The number of carbonyl (C=O) groups is 2. The fourth-order valence-electron chi connectivity index (χ4n) is 1.21. The molecule has 4 heteroatoms. The molecule has 0 aromatic carbocycles. The lowest BCUT2D eigenvalue weighted by Gasteiger charge is -2.24. The van der Waals surface area contributed by atoms with Crippen molar-refractivity contribution >= 4 is 11.9 Å². The number of hydrogen-bond acceptors (Lipinski definition) is 2. The summed E-state index contributed by atoms with van der Waals surface area (Å²) in [6, 6.07) is 0. The first-order valence-corrected chi connectivity index (χ1v) is 4.60. The lowest BCUT2D eigenvalue weighted by atomic mass is 9.99. The molecule has 2 N–H and O–H groups in total. The van der Waals surface area contributed by atoms with E-state index in [1.807, 2.05) is 20.8 Å². The monoisotopic (exact) mass is 199 g/mol. The van der Waals surface area contributed by atoms with E-state index in [9.17, 15) is 9.59 Å². The van der Waals surface area contributed by atoms with Gasteiger partial charge in [-0.15, -0.1) is 0 Å². The number of rotatable bonds is 5. The van der Waals surface area contributed by atoms with Crippen LogP contribution in [0.5, 0.6) is 0 Å². The maximum Gasteiger partial charge on any atom is 0.328 e. The lowest BCUT2D eigenvalue weighted by Crippen LogP contribution is -2.42.